The van der Waals surface area contributed by atoms with E-state index in [9.17, 15) is 14.7 Å². The van der Waals surface area contributed by atoms with Crippen molar-refractivity contribution in [3.8, 4) is 11.1 Å². The molecule has 0 bridgehead atoms. The number of aryl methyl sites for hydroxylation is 1. The van der Waals surface area contributed by atoms with Crippen LogP contribution in [0.5, 0.6) is 0 Å². The second-order valence-electron chi connectivity index (χ2n) is 10.2. The quantitative estimate of drug-likeness (QED) is 0.214. The first-order valence-corrected chi connectivity index (χ1v) is 15.0. The largest absolute Gasteiger partial charge is 0.480 e. The highest BCUT2D eigenvalue weighted by Crippen LogP contribution is 2.31. The fourth-order valence-electron chi connectivity index (χ4n) is 4.42. The number of hydrogen-bond acceptors (Lipinski definition) is 7. The number of carboxylic acid groups (broad SMARTS) is 1. The van der Waals surface area contributed by atoms with Crippen molar-refractivity contribution in [1.82, 2.24) is 15.2 Å². The first kappa shape index (κ1) is 31.4. The minimum atomic E-state index is -1.04. The molecule has 0 saturated heterocycles. The summed E-state index contributed by atoms with van der Waals surface area (Å²) in [6, 6.07) is 12.5. The molecule has 2 unspecified atom stereocenters. The number of thioether (sulfide) groups is 1. The van der Waals surface area contributed by atoms with E-state index in [1.807, 2.05) is 68.6 Å². The van der Waals surface area contributed by atoms with E-state index in [-0.39, 0.29) is 6.10 Å². The van der Waals surface area contributed by atoms with E-state index in [4.69, 9.17) is 9.15 Å². The van der Waals surface area contributed by atoms with Crippen LogP contribution in [0.3, 0.4) is 0 Å². The van der Waals surface area contributed by atoms with E-state index in [0.717, 1.165) is 41.5 Å². The number of oxazole rings is 1. The van der Waals surface area contributed by atoms with Crippen LogP contribution in [0.4, 0.5) is 0 Å². The number of unbranched alkanes of at least 4 members (excludes halogenated alkanes) is 1. The maximum Gasteiger partial charge on any atom is 0.326 e. The smallest absolute Gasteiger partial charge is 0.326 e. The Morgan fingerprint density at radius 2 is 1.93 bits per heavy atom. The molecule has 0 aliphatic heterocycles. The van der Waals surface area contributed by atoms with Crippen molar-refractivity contribution in [1.29, 1.82) is 0 Å². The molecule has 0 saturated carbocycles. The first-order valence-electron chi connectivity index (χ1n) is 13.7. The average Bonchev–Trinajstić information content (AvgIpc) is 3.38. The summed E-state index contributed by atoms with van der Waals surface area (Å²) in [5.74, 6) is 0.559. The Balaban J connectivity index is 1.88. The summed E-state index contributed by atoms with van der Waals surface area (Å²) in [6.07, 6.45) is 6.62. The van der Waals surface area contributed by atoms with Crippen molar-refractivity contribution < 1.29 is 23.8 Å². The topological polar surface area (TPSA) is 105 Å². The van der Waals surface area contributed by atoms with Gasteiger partial charge in [0.05, 0.1) is 19.3 Å². The van der Waals surface area contributed by atoms with Gasteiger partial charge in [-0.3, -0.25) is 4.79 Å². The number of nitrogens with one attached hydrogen (secondary N) is 1. The number of aromatic nitrogens is 1. The Bertz CT molecular complexity index is 1260. The van der Waals surface area contributed by atoms with E-state index in [2.05, 4.69) is 17.2 Å². The zero-order valence-electron chi connectivity index (χ0n) is 24.1. The van der Waals surface area contributed by atoms with E-state index in [0.29, 0.717) is 42.5 Å². The minimum Gasteiger partial charge on any atom is -0.480 e. The Morgan fingerprint density at radius 3 is 2.60 bits per heavy atom. The zero-order valence-corrected chi connectivity index (χ0v) is 24.9. The van der Waals surface area contributed by atoms with Gasteiger partial charge in [-0.25, -0.2) is 9.78 Å². The number of ether oxygens (including phenoxy) is 1. The molecule has 1 aromatic heterocycles. The van der Waals surface area contributed by atoms with E-state index >= 15 is 0 Å². The van der Waals surface area contributed by atoms with Crippen molar-refractivity contribution in [3.63, 3.8) is 0 Å². The van der Waals surface area contributed by atoms with Gasteiger partial charge >= 0.3 is 5.97 Å². The van der Waals surface area contributed by atoms with Crippen molar-refractivity contribution in [3.05, 3.63) is 77.0 Å². The van der Waals surface area contributed by atoms with Crippen LogP contribution in [0.15, 0.2) is 53.1 Å². The lowest BCUT2D eigenvalue weighted by Crippen LogP contribution is -2.41. The number of rotatable bonds is 16. The van der Waals surface area contributed by atoms with Gasteiger partial charge in [-0.05, 0) is 80.3 Å². The summed E-state index contributed by atoms with van der Waals surface area (Å²) < 4.78 is 12.4. The Kier molecular flexibility index (Phi) is 12.2. The lowest BCUT2D eigenvalue weighted by atomic mass is 9.93. The number of carbonyl (C=O) groups is 2. The molecular weight excluding hydrogens is 526 g/mol. The number of amides is 1. The number of nitrogens with zero attached hydrogens (tertiary/aromatic N) is 2. The van der Waals surface area contributed by atoms with Crippen molar-refractivity contribution in [2.75, 3.05) is 26.1 Å². The predicted molar refractivity (Wildman–Crippen MR) is 159 cm³/mol. The monoisotopic (exact) mass is 567 g/mol. The van der Waals surface area contributed by atoms with Crippen LogP contribution < -0.4 is 5.32 Å². The maximum atomic E-state index is 13.4. The predicted octanol–water partition coefficient (Wildman–Crippen LogP) is 6.10. The molecule has 8 nitrogen and oxygen atoms in total. The number of hydrogen-bond donors (Lipinski definition) is 2. The number of aliphatic carboxylic acids is 1. The van der Waals surface area contributed by atoms with Crippen molar-refractivity contribution >= 4 is 23.6 Å². The highest BCUT2D eigenvalue weighted by atomic mass is 32.2. The SMILES string of the molecule is CCCCC(OCc1ccc(C(=O)NC(CCSC)C(=O)O)c(-c2ccccc2C)c1)c1cnc(CN(C)C)o1. The van der Waals surface area contributed by atoms with E-state index < -0.39 is 17.9 Å². The van der Waals surface area contributed by atoms with Gasteiger partial charge in [0.1, 0.15) is 12.1 Å². The molecule has 2 aromatic carbocycles. The fraction of sp³-hybridized carbons (Fsp3) is 0.452. The van der Waals surface area contributed by atoms with E-state index in [1.165, 1.54) is 0 Å². The molecule has 0 fully saturated rings. The Hall–Kier alpha value is -3.14. The number of benzene rings is 2. The van der Waals surface area contributed by atoms with Crippen LogP contribution in [-0.4, -0.2) is 59.0 Å². The Labute approximate surface area is 241 Å². The molecule has 0 aliphatic rings. The third kappa shape index (κ3) is 8.94. The third-order valence-electron chi connectivity index (χ3n) is 6.59. The third-order valence-corrected chi connectivity index (χ3v) is 7.23. The summed E-state index contributed by atoms with van der Waals surface area (Å²) >= 11 is 1.55. The average molecular weight is 568 g/mol. The van der Waals surface area contributed by atoms with Gasteiger partial charge in [0, 0.05) is 5.56 Å². The van der Waals surface area contributed by atoms with Crippen LogP contribution in [0.2, 0.25) is 0 Å². The molecule has 0 radical (unpaired) electrons. The number of carboxylic acids is 1. The standard InChI is InChI=1S/C31H41N3O5S/c1-6-7-12-27(28-18-32-29(39-28)19-34(3)4)38-20-22-13-14-24(25(17-22)23-11-9-8-10-21(23)2)30(35)33-26(31(36)37)15-16-40-5/h8-11,13-14,17-18,26-27H,6-7,12,15-16,19-20H2,1-5H3,(H,33,35)(H,36,37). The molecule has 2 atom stereocenters. The highest BCUT2D eigenvalue weighted by Gasteiger charge is 2.23. The minimum absolute atomic E-state index is 0.235. The molecule has 2 N–H and O–H groups in total. The lowest BCUT2D eigenvalue weighted by molar-refractivity contribution is -0.139. The molecule has 0 spiro atoms. The second-order valence-corrected chi connectivity index (χ2v) is 11.2. The van der Waals surface area contributed by atoms with Gasteiger partial charge in [-0.2, -0.15) is 11.8 Å². The van der Waals surface area contributed by atoms with Crippen molar-refractivity contribution in [2.45, 2.75) is 64.8 Å². The summed E-state index contributed by atoms with van der Waals surface area (Å²) in [6.45, 7) is 5.08. The van der Waals surface area contributed by atoms with Crippen molar-refractivity contribution in [2.24, 2.45) is 0 Å². The van der Waals surface area contributed by atoms with Crippen LogP contribution in [0, 0.1) is 6.92 Å². The van der Waals surface area contributed by atoms with Crippen LogP contribution in [0.25, 0.3) is 11.1 Å². The molecule has 9 heteroatoms. The van der Waals surface area contributed by atoms with Gasteiger partial charge in [-0.1, -0.05) is 50.1 Å². The molecule has 3 rings (SSSR count). The lowest BCUT2D eigenvalue weighted by Gasteiger charge is -2.19. The Morgan fingerprint density at radius 1 is 1.15 bits per heavy atom. The van der Waals surface area contributed by atoms with Gasteiger partial charge in [0.25, 0.3) is 5.91 Å². The summed E-state index contributed by atoms with van der Waals surface area (Å²) in [7, 11) is 3.94. The summed E-state index contributed by atoms with van der Waals surface area (Å²) in [5, 5.41) is 12.4. The second kappa shape index (κ2) is 15.6. The maximum absolute atomic E-state index is 13.4. The summed E-state index contributed by atoms with van der Waals surface area (Å²) in [4.78, 5) is 31.5. The van der Waals surface area contributed by atoms with Gasteiger partial charge < -0.3 is 24.5 Å². The number of carbonyl (C=O) groups excluding carboxylic acids is 1. The van der Waals surface area contributed by atoms with Gasteiger partial charge in [0.15, 0.2) is 5.76 Å². The molecule has 216 valence electrons. The van der Waals surface area contributed by atoms with Crippen LogP contribution >= 0.6 is 11.8 Å². The van der Waals surface area contributed by atoms with Gasteiger partial charge in [-0.15, -0.1) is 0 Å². The van der Waals surface area contributed by atoms with Gasteiger partial charge in [0.2, 0.25) is 5.89 Å². The highest BCUT2D eigenvalue weighted by molar-refractivity contribution is 7.98. The first-order chi connectivity index (χ1) is 19.2. The molecular formula is C31H41N3O5S. The van der Waals surface area contributed by atoms with Crippen LogP contribution in [-0.2, 0) is 22.7 Å². The van der Waals surface area contributed by atoms with E-state index in [1.54, 1.807) is 24.0 Å². The molecule has 1 amide bonds. The normalized spacial score (nSPS) is 12.8. The molecule has 40 heavy (non-hydrogen) atoms. The molecule has 3 aromatic rings. The zero-order chi connectivity index (χ0) is 29.1. The fourth-order valence-corrected chi connectivity index (χ4v) is 4.89. The summed E-state index contributed by atoms with van der Waals surface area (Å²) in [5.41, 5.74) is 4.00. The molecule has 0 aliphatic carbocycles. The van der Waals surface area contributed by atoms with Crippen LogP contribution in [0.1, 0.15) is 71.8 Å². The molecule has 1 heterocycles.